The summed E-state index contributed by atoms with van der Waals surface area (Å²) in [5, 5.41) is 0.763. The van der Waals surface area contributed by atoms with Gasteiger partial charge in [0.25, 0.3) is 0 Å². The van der Waals surface area contributed by atoms with E-state index in [1.807, 2.05) is 43.3 Å². The zero-order valence-electron chi connectivity index (χ0n) is 9.75. The fraction of sp³-hybridized carbons (Fsp3) is 0.143. The maximum absolute atomic E-state index is 6.31. The third-order valence-corrected chi connectivity index (χ3v) is 4.47. The van der Waals surface area contributed by atoms with Gasteiger partial charge in [0.2, 0.25) is 0 Å². The Morgan fingerprint density at radius 1 is 1.11 bits per heavy atom. The topological polar surface area (TPSA) is 26.0 Å². The number of hydrogen-bond donors (Lipinski definition) is 1. The minimum Gasteiger partial charge on any atom is -0.320 e. The zero-order valence-corrected chi connectivity index (χ0v) is 13.7. The molecule has 0 amide bonds. The molecule has 1 unspecified atom stereocenters. The second kappa shape index (κ2) is 5.74. The lowest BCUT2D eigenvalue weighted by Gasteiger charge is -2.16. The molecular weight excluding hydrogens is 377 g/mol. The van der Waals surface area contributed by atoms with E-state index in [1.54, 1.807) is 0 Å². The van der Waals surface area contributed by atoms with Crippen molar-refractivity contribution in [2.45, 2.75) is 13.0 Å². The molecule has 18 heavy (non-hydrogen) atoms. The van der Waals surface area contributed by atoms with E-state index in [-0.39, 0.29) is 6.04 Å². The lowest BCUT2D eigenvalue weighted by Crippen LogP contribution is -2.12. The minimum absolute atomic E-state index is 0.173. The summed E-state index contributed by atoms with van der Waals surface area (Å²) in [6, 6.07) is 11.7. The molecule has 0 aliphatic rings. The van der Waals surface area contributed by atoms with Crippen molar-refractivity contribution < 1.29 is 0 Å². The van der Waals surface area contributed by atoms with Gasteiger partial charge in [-0.15, -0.1) is 0 Å². The molecule has 0 bridgehead atoms. The zero-order chi connectivity index (χ0) is 13.3. The van der Waals surface area contributed by atoms with Gasteiger partial charge < -0.3 is 5.73 Å². The summed E-state index contributed by atoms with van der Waals surface area (Å²) in [6.45, 7) is 1.98. The predicted octanol–water partition coefficient (Wildman–Crippen LogP) is 5.22. The first-order chi connectivity index (χ1) is 8.49. The predicted molar refractivity (Wildman–Crippen MR) is 84.1 cm³/mol. The summed E-state index contributed by atoms with van der Waals surface area (Å²) < 4.78 is 2.02. The number of aryl methyl sites for hydroxylation is 1. The molecule has 0 aromatic heterocycles. The highest BCUT2D eigenvalue weighted by atomic mass is 79.9. The van der Waals surface area contributed by atoms with Gasteiger partial charge in [0.1, 0.15) is 0 Å². The Balaban J connectivity index is 2.44. The molecule has 2 aromatic carbocycles. The Kier molecular flexibility index (Phi) is 4.49. The van der Waals surface area contributed by atoms with E-state index in [4.69, 9.17) is 17.3 Å². The molecule has 94 valence electrons. The lowest BCUT2D eigenvalue weighted by atomic mass is 9.98. The van der Waals surface area contributed by atoms with E-state index in [9.17, 15) is 0 Å². The van der Waals surface area contributed by atoms with Crippen LogP contribution in [-0.4, -0.2) is 0 Å². The molecular formula is C14H12Br2ClN. The summed E-state index contributed by atoms with van der Waals surface area (Å²) in [7, 11) is 0. The van der Waals surface area contributed by atoms with Gasteiger partial charge >= 0.3 is 0 Å². The maximum Gasteiger partial charge on any atom is 0.0563 e. The van der Waals surface area contributed by atoms with Gasteiger partial charge in [0, 0.05) is 14.0 Å². The van der Waals surface area contributed by atoms with Crippen LogP contribution in [0, 0.1) is 6.92 Å². The van der Waals surface area contributed by atoms with Crippen LogP contribution in [0.5, 0.6) is 0 Å². The molecule has 2 N–H and O–H groups in total. The molecule has 0 aliphatic heterocycles. The molecule has 0 fully saturated rings. The molecule has 0 heterocycles. The number of nitrogens with two attached hydrogens (primary N) is 1. The van der Waals surface area contributed by atoms with E-state index < -0.39 is 0 Å². The summed E-state index contributed by atoms with van der Waals surface area (Å²) in [5.41, 5.74) is 9.45. The monoisotopic (exact) mass is 387 g/mol. The molecule has 0 spiro atoms. The van der Waals surface area contributed by atoms with Crippen molar-refractivity contribution in [1.29, 1.82) is 0 Å². The van der Waals surface area contributed by atoms with Gasteiger partial charge in [0.05, 0.1) is 6.04 Å². The average molecular weight is 390 g/mol. The van der Waals surface area contributed by atoms with Crippen LogP contribution in [0.15, 0.2) is 45.3 Å². The van der Waals surface area contributed by atoms with E-state index in [0.717, 1.165) is 30.7 Å². The quantitative estimate of drug-likeness (QED) is 0.749. The smallest absolute Gasteiger partial charge is 0.0563 e. The molecule has 1 nitrogen and oxygen atoms in total. The van der Waals surface area contributed by atoms with Crippen molar-refractivity contribution in [3.8, 4) is 0 Å². The molecule has 0 saturated heterocycles. The number of rotatable bonds is 2. The van der Waals surface area contributed by atoms with E-state index in [2.05, 4.69) is 31.9 Å². The van der Waals surface area contributed by atoms with Crippen LogP contribution in [0.1, 0.15) is 22.7 Å². The normalized spacial score (nSPS) is 12.5. The van der Waals surface area contributed by atoms with E-state index in [1.165, 1.54) is 0 Å². The SMILES string of the molecule is Cc1cc(C(N)c2cc(Br)ccc2Br)ccc1Cl. The highest BCUT2D eigenvalue weighted by Gasteiger charge is 2.13. The Labute approximate surface area is 129 Å². The Bertz CT molecular complexity index is 584. The van der Waals surface area contributed by atoms with Crippen LogP contribution in [-0.2, 0) is 0 Å². The van der Waals surface area contributed by atoms with Crippen molar-refractivity contribution in [2.75, 3.05) is 0 Å². The first-order valence-electron chi connectivity index (χ1n) is 5.45. The summed E-state index contributed by atoms with van der Waals surface area (Å²) in [6.07, 6.45) is 0. The fourth-order valence-corrected chi connectivity index (χ4v) is 2.78. The van der Waals surface area contributed by atoms with Gasteiger partial charge in [0.15, 0.2) is 0 Å². The van der Waals surface area contributed by atoms with Crippen LogP contribution in [0.2, 0.25) is 5.02 Å². The van der Waals surface area contributed by atoms with Crippen LogP contribution in [0.3, 0.4) is 0 Å². The molecule has 4 heteroatoms. The summed E-state index contributed by atoms with van der Waals surface area (Å²) in [5.74, 6) is 0. The molecule has 2 rings (SSSR count). The third kappa shape index (κ3) is 2.97. The maximum atomic E-state index is 6.31. The molecule has 0 saturated carbocycles. The Morgan fingerprint density at radius 3 is 2.50 bits per heavy atom. The van der Waals surface area contributed by atoms with Crippen molar-refractivity contribution in [3.05, 3.63) is 67.1 Å². The first kappa shape index (κ1) is 14.1. The summed E-state index contributed by atoms with van der Waals surface area (Å²) >= 11 is 13.0. The Hall–Kier alpha value is -0.350. The number of hydrogen-bond acceptors (Lipinski definition) is 1. The fourth-order valence-electron chi connectivity index (χ4n) is 1.79. The number of benzene rings is 2. The second-order valence-corrected chi connectivity index (χ2v) is 6.33. The molecule has 1 atom stereocenters. The van der Waals surface area contributed by atoms with Crippen molar-refractivity contribution in [2.24, 2.45) is 5.73 Å². The summed E-state index contributed by atoms with van der Waals surface area (Å²) in [4.78, 5) is 0. The van der Waals surface area contributed by atoms with Crippen molar-refractivity contribution >= 4 is 43.5 Å². The van der Waals surface area contributed by atoms with E-state index >= 15 is 0 Å². The van der Waals surface area contributed by atoms with Gasteiger partial charge in [-0.3, -0.25) is 0 Å². The van der Waals surface area contributed by atoms with Crippen LogP contribution in [0.25, 0.3) is 0 Å². The number of halogens is 3. The largest absolute Gasteiger partial charge is 0.320 e. The second-order valence-electron chi connectivity index (χ2n) is 4.15. The van der Waals surface area contributed by atoms with Gasteiger partial charge in [-0.1, -0.05) is 55.6 Å². The van der Waals surface area contributed by atoms with Crippen LogP contribution >= 0.6 is 43.5 Å². The highest BCUT2D eigenvalue weighted by Crippen LogP contribution is 2.30. The van der Waals surface area contributed by atoms with Gasteiger partial charge in [-0.05, 0) is 47.9 Å². The van der Waals surface area contributed by atoms with E-state index in [0.29, 0.717) is 0 Å². The lowest BCUT2D eigenvalue weighted by molar-refractivity contribution is 0.863. The molecule has 2 aromatic rings. The van der Waals surface area contributed by atoms with Crippen molar-refractivity contribution in [1.82, 2.24) is 0 Å². The Morgan fingerprint density at radius 2 is 1.83 bits per heavy atom. The standard InChI is InChI=1S/C14H12Br2ClN/c1-8-6-9(2-5-13(8)17)14(18)11-7-10(15)3-4-12(11)16/h2-7,14H,18H2,1H3. The molecule has 0 radical (unpaired) electrons. The van der Waals surface area contributed by atoms with Gasteiger partial charge in [-0.2, -0.15) is 0 Å². The van der Waals surface area contributed by atoms with Crippen LogP contribution < -0.4 is 5.73 Å². The average Bonchev–Trinajstić information content (AvgIpc) is 2.35. The van der Waals surface area contributed by atoms with Gasteiger partial charge in [-0.25, -0.2) is 0 Å². The minimum atomic E-state index is -0.173. The third-order valence-electron chi connectivity index (χ3n) is 2.83. The first-order valence-corrected chi connectivity index (χ1v) is 7.42. The molecule has 0 aliphatic carbocycles. The van der Waals surface area contributed by atoms with Crippen LogP contribution in [0.4, 0.5) is 0 Å². The highest BCUT2D eigenvalue weighted by molar-refractivity contribution is 9.11. The van der Waals surface area contributed by atoms with Crippen molar-refractivity contribution in [3.63, 3.8) is 0 Å².